The zero-order valence-electron chi connectivity index (χ0n) is 16.0. The van der Waals surface area contributed by atoms with Crippen molar-refractivity contribution in [3.8, 4) is 0 Å². The van der Waals surface area contributed by atoms with Gasteiger partial charge in [-0.15, -0.1) is 0 Å². The standard InChI is InChI=1S/C14H22N4O.C4H10S/c1-5-11(15)13-10-7-16-14(19)9(10)6-12(17-13)18(4)8(2)3;1-4(2,3)5/h6,8,11H,5,7,15H2,1-4H3,(H,16,19);5H,1-3H3. The van der Waals surface area contributed by atoms with E-state index in [9.17, 15) is 4.79 Å². The number of carbonyl (C=O) groups excluding carboxylic acids is 1. The van der Waals surface area contributed by atoms with E-state index in [0.717, 1.165) is 29.1 Å². The molecule has 1 amide bonds. The summed E-state index contributed by atoms with van der Waals surface area (Å²) in [5, 5.41) is 2.85. The minimum absolute atomic E-state index is 0.0274. The lowest BCUT2D eigenvalue weighted by atomic mass is 10.0. The van der Waals surface area contributed by atoms with Crippen LogP contribution < -0.4 is 16.0 Å². The molecule has 0 aromatic carbocycles. The van der Waals surface area contributed by atoms with E-state index in [2.05, 4.69) is 62.4 Å². The van der Waals surface area contributed by atoms with Gasteiger partial charge in [0.05, 0.1) is 5.69 Å². The first-order valence-corrected chi connectivity index (χ1v) is 8.93. The number of amides is 1. The SMILES string of the molecule is CC(C)(C)S.CCC(N)c1nc(N(C)C(C)C)cc2c1CNC2=O. The normalized spacial score (nSPS) is 14.7. The van der Waals surface area contributed by atoms with Gasteiger partial charge in [0.25, 0.3) is 5.91 Å². The van der Waals surface area contributed by atoms with Gasteiger partial charge in [-0.05, 0) is 26.3 Å². The fourth-order valence-electron chi connectivity index (χ4n) is 2.17. The molecule has 24 heavy (non-hydrogen) atoms. The third-order valence-corrected chi connectivity index (χ3v) is 3.74. The van der Waals surface area contributed by atoms with E-state index in [1.54, 1.807) is 0 Å². The highest BCUT2D eigenvalue weighted by Crippen LogP contribution is 2.28. The molecule has 0 fully saturated rings. The molecule has 1 aliphatic heterocycles. The number of rotatable bonds is 4. The number of thiol groups is 1. The van der Waals surface area contributed by atoms with E-state index in [0.29, 0.717) is 12.6 Å². The molecule has 2 rings (SSSR count). The van der Waals surface area contributed by atoms with Crippen LogP contribution in [0.1, 0.15) is 75.6 Å². The lowest BCUT2D eigenvalue weighted by molar-refractivity contribution is 0.0965. The molecule has 0 spiro atoms. The highest BCUT2D eigenvalue weighted by molar-refractivity contribution is 7.81. The minimum atomic E-state index is -0.123. The Bertz CT molecular complexity index is 575. The third kappa shape index (κ3) is 5.67. The molecule has 1 aliphatic rings. The molecule has 1 aromatic rings. The number of hydrogen-bond acceptors (Lipinski definition) is 5. The molecule has 0 aliphatic carbocycles. The van der Waals surface area contributed by atoms with Gasteiger partial charge in [-0.3, -0.25) is 4.79 Å². The Labute approximate surface area is 151 Å². The molecule has 5 nitrogen and oxygen atoms in total. The van der Waals surface area contributed by atoms with Gasteiger partial charge in [0, 0.05) is 41.6 Å². The zero-order valence-corrected chi connectivity index (χ0v) is 16.9. The average Bonchev–Trinajstić information content (AvgIpc) is 2.84. The van der Waals surface area contributed by atoms with Crippen molar-refractivity contribution in [1.29, 1.82) is 0 Å². The van der Waals surface area contributed by atoms with Gasteiger partial charge in [0.15, 0.2) is 0 Å². The summed E-state index contributed by atoms with van der Waals surface area (Å²) >= 11 is 4.12. The quantitative estimate of drug-likeness (QED) is 0.727. The first-order chi connectivity index (χ1) is 11.0. The fraction of sp³-hybridized carbons (Fsp3) is 0.667. The predicted molar refractivity (Wildman–Crippen MR) is 105 cm³/mol. The van der Waals surface area contributed by atoms with Crippen LogP contribution in [0.4, 0.5) is 5.82 Å². The van der Waals surface area contributed by atoms with Crippen LogP contribution in [0.5, 0.6) is 0 Å². The summed E-state index contributed by atoms with van der Waals surface area (Å²) in [5.41, 5.74) is 8.66. The van der Waals surface area contributed by atoms with Crippen molar-refractivity contribution in [2.45, 2.75) is 71.3 Å². The highest BCUT2D eigenvalue weighted by atomic mass is 32.1. The smallest absolute Gasteiger partial charge is 0.252 e. The summed E-state index contributed by atoms with van der Waals surface area (Å²) in [7, 11) is 1.98. The number of nitrogens with zero attached hydrogens (tertiary/aromatic N) is 2. The monoisotopic (exact) mass is 352 g/mol. The van der Waals surface area contributed by atoms with Crippen molar-refractivity contribution in [2.75, 3.05) is 11.9 Å². The van der Waals surface area contributed by atoms with E-state index in [1.165, 1.54) is 0 Å². The van der Waals surface area contributed by atoms with Crippen molar-refractivity contribution < 1.29 is 4.79 Å². The molecule has 3 N–H and O–H groups in total. The summed E-state index contributed by atoms with van der Waals surface area (Å²) in [6, 6.07) is 2.06. The zero-order chi connectivity index (χ0) is 18.7. The van der Waals surface area contributed by atoms with Gasteiger partial charge >= 0.3 is 0 Å². The van der Waals surface area contributed by atoms with Crippen LogP contribution >= 0.6 is 12.6 Å². The molecule has 1 atom stereocenters. The van der Waals surface area contributed by atoms with Crippen LogP contribution in [-0.2, 0) is 6.54 Å². The Morgan fingerprint density at radius 2 is 1.96 bits per heavy atom. The number of fused-ring (bicyclic) bond motifs is 1. The van der Waals surface area contributed by atoms with Gasteiger partial charge < -0.3 is 16.0 Å². The molecule has 1 aromatic heterocycles. The van der Waals surface area contributed by atoms with E-state index in [1.807, 2.05) is 20.0 Å². The first kappa shape index (κ1) is 20.8. The second-order valence-electron chi connectivity index (χ2n) is 7.46. The maximum Gasteiger partial charge on any atom is 0.252 e. The van der Waals surface area contributed by atoms with Crippen molar-refractivity contribution >= 4 is 24.4 Å². The van der Waals surface area contributed by atoms with Crippen molar-refractivity contribution in [3.63, 3.8) is 0 Å². The molecule has 0 saturated carbocycles. The van der Waals surface area contributed by atoms with Crippen LogP contribution in [0.2, 0.25) is 0 Å². The Balaban J connectivity index is 0.000000505. The minimum Gasteiger partial charge on any atom is -0.357 e. The third-order valence-electron chi connectivity index (χ3n) is 3.74. The molecule has 136 valence electrons. The molecule has 0 bridgehead atoms. The maximum absolute atomic E-state index is 11.9. The van der Waals surface area contributed by atoms with Gasteiger partial charge in [0.2, 0.25) is 0 Å². The first-order valence-electron chi connectivity index (χ1n) is 8.48. The van der Waals surface area contributed by atoms with Crippen LogP contribution in [0.25, 0.3) is 0 Å². The Morgan fingerprint density at radius 3 is 2.42 bits per heavy atom. The van der Waals surface area contributed by atoms with Gasteiger partial charge in [-0.2, -0.15) is 12.6 Å². The molecule has 2 heterocycles. The molecular weight excluding hydrogens is 320 g/mol. The number of anilines is 1. The molecule has 0 saturated heterocycles. The Kier molecular flexibility index (Phi) is 7.10. The van der Waals surface area contributed by atoms with Gasteiger partial charge in [-0.25, -0.2) is 4.98 Å². The molecular formula is C18H32N4OS. The second kappa shape index (κ2) is 8.21. The number of nitrogens with two attached hydrogens (primary N) is 1. The van der Waals surface area contributed by atoms with Crippen LogP contribution in [-0.4, -0.2) is 28.7 Å². The summed E-state index contributed by atoms with van der Waals surface area (Å²) < 4.78 is 0.194. The van der Waals surface area contributed by atoms with Crippen molar-refractivity contribution in [2.24, 2.45) is 5.73 Å². The van der Waals surface area contributed by atoms with Crippen LogP contribution in [0, 0.1) is 0 Å². The highest BCUT2D eigenvalue weighted by Gasteiger charge is 2.27. The van der Waals surface area contributed by atoms with Crippen molar-refractivity contribution in [3.05, 3.63) is 22.9 Å². The summed E-state index contributed by atoms with van der Waals surface area (Å²) in [4.78, 5) is 18.6. The predicted octanol–water partition coefficient (Wildman–Crippen LogP) is 3.29. The van der Waals surface area contributed by atoms with Crippen LogP contribution in [0.3, 0.4) is 0 Å². The summed E-state index contributed by atoms with van der Waals surface area (Å²) in [6.45, 7) is 12.9. The topological polar surface area (TPSA) is 71.2 Å². The number of carbonyl (C=O) groups is 1. The fourth-order valence-corrected chi connectivity index (χ4v) is 2.17. The summed E-state index contributed by atoms with van der Waals surface area (Å²) in [5.74, 6) is 0.782. The number of hydrogen-bond donors (Lipinski definition) is 3. The average molecular weight is 353 g/mol. The van der Waals surface area contributed by atoms with E-state index >= 15 is 0 Å². The van der Waals surface area contributed by atoms with E-state index < -0.39 is 0 Å². The van der Waals surface area contributed by atoms with Crippen molar-refractivity contribution in [1.82, 2.24) is 10.3 Å². The molecule has 0 radical (unpaired) electrons. The van der Waals surface area contributed by atoms with E-state index in [4.69, 9.17) is 5.73 Å². The molecule has 6 heteroatoms. The lowest BCUT2D eigenvalue weighted by Crippen LogP contribution is -2.28. The number of pyridine rings is 1. The Hall–Kier alpha value is -1.27. The number of nitrogens with one attached hydrogen (secondary N) is 1. The lowest BCUT2D eigenvalue weighted by Gasteiger charge is -2.25. The van der Waals surface area contributed by atoms with E-state index in [-0.39, 0.29) is 16.7 Å². The van der Waals surface area contributed by atoms with Gasteiger partial charge in [-0.1, -0.05) is 27.7 Å². The summed E-state index contributed by atoms with van der Waals surface area (Å²) in [6.07, 6.45) is 0.808. The van der Waals surface area contributed by atoms with Crippen LogP contribution in [0.15, 0.2) is 6.07 Å². The maximum atomic E-state index is 11.9. The Morgan fingerprint density at radius 1 is 1.42 bits per heavy atom. The number of aromatic nitrogens is 1. The molecule has 1 unspecified atom stereocenters. The second-order valence-corrected chi connectivity index (χ2v) is 8.81. The largest absolute Gasteiger partial charge is 0.357 e. The van der Waals surface area contributed by atoms with Gasteiger partial charge in [0.1, 0.15) is 5.82 Å².